The summed E-state index contributed by atoms with van der Waals surface area (Å²) in [5.41, 5.74) is 15.6. The molecule has 1 saturated carbocycles. The van der Waals surface area contributed by atoms with E-state index in [9.17, 15) is 19.2 Å². The molecule has 2 aromatic carbocycles. The number of anilines is 2. The van der Waals surface area contributed by atoms with E-state index in [0.29, 0.717) is 82.8 Å². The molecule has 1 aliphatic carbocycles. The van der Waals surface area contributed by atoms with E-state index in [-0.39, 0.29) is 59.3 Å². The van der Waals surface area contributed by atoms with Gasteiger partial charge in [0.1, 0.15) is 47.1 Å². The van der Waals surface area contributed by atoms with Gasteiger partial charge in [0.2, 0.25) is 23.7 Å². The third kappa shape index (κ3) is 6.60. The molecular formula is C41H46N12O6S. The minimum Gasteiger partial charge on any atom is -0.489 e. The van der Waals surface area contributed by atoms with Crippen molar-refractivity contribution >= 4 is 70.2 Å². The lowest BCUT2D eigenvalue weighted by atomic mass is 9.91. The minimum atomic E-state index is -0.707. The lowest BCUT2D eigenvalue weighted by Gasteiger charge is -2.38. The molecule has 2 aliphatic heterocycles. The first-order valence-electron chi connectivity index (χ1n) is 20.0. The summed E-state index contributed by atoms with van der Waals surface area (Å²) in [4.78, 5) is 61.5. The second-order valence-electron chi connectivity index (χ2n) is 16.3. The van der Waals surface area contributed by atoms with E-state index < -0.39 is 17.4 Å². The van der Waals surface area contributed by atoms with Crippen LogP contribution in [0.15, 0.2) is 36.4 Å². The molecule has 6 aromatic rings. The maximum atomic E-state index is 13.8. The molecule has 6 N–H and O–H groups in total. The minimum absolute atomic E-state index is 0.0883. The zero-order chi connectivity index (χ0) is 42.4. The van der Waals surface area contributed by atoms with Gasteiger partial charge < -0.3 is 25.5 Å². The fourth-order valence-corrected chi connectivity index (χ4v) is 9.80. The van der Waals surface area contributed by atoms with Crippen LogP contribution < -0.4 is 31.6 Å². The lowest BCUT2D eigenvalue weighted by molar-refractivity contribution is 0.0991. The number of aryl methyl sites for hydroxylation is 4. The van der Waals surface area contributed by atoms with E-state index in [1.165, 1.54) is 0 Å². The Labute approximate surface area is 349 Å². The summed E-state index contributed by atoms with van der Waals surface area (Å²) in [5.74, 6) is 0.115. The number of nitrogens with two attached hydrogens (primary N) is 2. The Balaban J connectivity index is 0.990. The second kappa shape index (κ2) is 14.4. The van der Waals surface area contributed by atoms with Gasteiger partial charge in [-0.3, -0.25) is 43.7 Å². The van der Waals surface area contributed by atoms with Crippen molar-refractivity contribution < 1.29 is 28.7 Å². The topological polar surface area (TPSA) is 234 Å². The van der Waals surface area contributed by atoms with Crippen molar-refractivity contribution in [2.24, 2.45) is 23.3 Å². The van der Waals surface area contributed by atoms with Crippen LogP contribution in [-0.2, 0) is 18.6 Å². The monoisotopic (exact) mass is 834 g/mol. The van der Waals surface area contributed by atoms with Crippen molar-refractivity contribution in [3.63, 3.8) is 0 Å². The third-order valence-corrected chi connectivity index (χ3v) is 12.5. The summed E-state index contributed by atoms with van der Waals surface area (Å²) in [6.45, 7) is 11.1. The first-order valence-corrected chi connectivity index (χ1v) is 20.6. The van der Waals surface area contributed by atoms with Gasteiger partial charge >= 0.3 is 0 Å². The Kier molecular flexibility index (Phi) is 9.40. The van der Waals surface area contributed by atoms with E-state index in [0.717, 1.165) is 17.8 Å². The highest BCUT2D eigenvalue weighted by molar-refractivity contribution is 7.81. The van der Waals surface area contributed by atoms with Crippen LogP contribution in [0.3, 0.4) is 0 Å². The quantitative estimate of drug-likeness (QED) is 0.102. The maximum Gasteiger partial charge on any atom is 0.276 e. The van der Waals surface area contributed by atoms with Gasteiger partial charge in [-0.15, -0.1) is 0 Å². The van der Waals surface area contributed by atoms with E-state index >= 15 is 0 Å². The molecule has 2 unspecified atom stereocenters. The molecule has 4 amide bonds. The number of benzene rings is 2. The molecule has 4 aromatic heterocycles. The highest BCUT2D eigenvalue weighted by Crippen LogP contribution is 2.53. The van der Waals surface area contributed by atoms with Crippen LogP contribution in [0.1, 0.15) is 99.2 Å². The average molecular weight is 835 g/mol. The predicted octanol–water partition coefficient (Wildman–Crippen LogP) is 4.59. The Morgan fingerprint density at radius 3 is 1.97 bits per heavy atom. The Hall–Kier alpha value is -6.37. The number of imidazole rings is 2. The summed E-state index contributed by atoms with van der Waals surface area (Å²) < 4.78 is 19.9. The Morgan fingerprint density at radius 2 is 1.38 bits per heavy atom. The van der Waals surface area contributed by atoms with Crippen molar-refractivity contribution in [1.29, 1.82) is 0 Å². The number of amides is 4. The van der Waals surface area contributed by atoms with Crippen molar-refractivity contribution in [2.75, 3.05) is 23.8 Å². The second-order valence-corrected chi connectivity index (χ2v) is 17.0. The summed E-state index contributed by atoms with van der Waals surface area (Å²) in [6.07, 6.45) is 2.19. The highest BCUT2D eigenvalue weighted by atomic mass is 32.1. The van der Waals surface area contributed by atoms with Gasteiger partial charge in [-0.2, -0.15) is 22.8 Å². The van der Waals surface area contributed by atoms with Crippen molar-refractivity contribution in [3.05, 3.63) is 70.3 Å². The lowest BCUT2D eigenvalue weighted by Crippen LogP contribution is -2.42. The maximum absolute atomic E-state index is 13.8. The van der Waals surface area contributed by atoms with Crippen LogP contribution in [0.5, 0.6) is 11.5 Å². The predicted molar refractivity (Wildman–Crippen MR) is 225 cm³/mol. The van der Waals surface area contributed by atoms with Crippen LogP contribution in [0.2, 0.25) is 0 Å². The Morgan fingerprint density at radius 1 is 0.833 bits per heavy atom. The number of aromatic nitrogens is 8. The first-order chi connectivity index (χ1) is 28.7. The van der Waals surface area contributed by atoms with Gasteiger partial charge in [0.25, 0.3) is 11.8 Å². The first kappa shape index (κ1) is 39.1. The van der Waals surface area contributed by atoms with E-state index in [1.807, 2.05) is 36.8 Å². The number of nitrogens with one attached hydrogen (secondary N) is 2. The molecule has 9 rings (SSSR count). The molecule has 6 heterocycles. The largest absolute Gasteiger partial charge is 0.489 e. The molecule has 0 spiro atoms. The number of hydrogen-bond donors (Lipinski definition) is 5. The third-order valence-electron chi connectivity index (χ3n) is 11.9. The summed E-state index contributed by atoms with van der Waals surface area (Å²) in [5, 5.41) is 14.8. The molecule has 19 heteroatoms. The molecule has 60 heavy (non-hydrogen) atoms. The number of nitrogens with zero attached hydrogens (tertiary/aromatic N) is 8. The van der Waals surface area contributed by atoms with Crippen LogP contribution in [-0.4, -0.2) is 80.8 Å². The molecule has 0 bridgehead atoms. The zero-order valence-corrected chi connectivity index (χ0v) is 34.7. The number of thiol groups is 1. The normalized spacial score (nSPS) is 20.7. The molecule has 18 nitrogen and oxygen atoms in total. The Bertz CT molecular complexity index is 2780. The number of carbonyl (C=O) groups is 4. The molecule has 0 radical (unpaired) electrons. The fraction of sp³-hybridized carbons (Fsp3) is 0.415. The SMILES string of the molecule is CCn1nc(C)cc1C(=O)Nc1nc2cc(C(N)=O)cc3c2n1[C@@H](CC1CC1[C@@H](S)C[C@@]1(C)COc2cc(C(N)=O)cc4nc(NC(=O)c5cc(C)nn5CC)n1c24)CO3. The molecule has 5 atom stereocenters. The summed E-state index contributed by atoms with van der Waals surface area (Å²) in [6, 6.07) is 9.73. The van der Waals surface area contributed by atoms with Crippen molar-refractivity contribution in [3.8, 4) is 11.5 Å². The zero-order valence-electron chi connectivity index (χ0n) is 33.9. The number of hydrogen-bond acceptors (Lipinski definition) is 11. The smallest absolute Gasteiger partial charge is 0.276 e. The number of rotatable bonds is 13. The van der Waals surface area contributed by atoms with Gasteiger partial charge in [-0.25, -0.2) is 9.97 Å². The molecule has 312 valence electrons. The standard InChI is InChI=1S/C41H46N12O6S/c1-6-50-28(8-19(3)48-50)37(56)46-39-44-26-12-22(35(42)54)14-30-33(26)52(39)24(17-58-30)10-21-11-25(21)32(60)16-41(5)18-59-31-15-23(36(43)55)13-27-34(31)53(41)40(45-27)47-38(57)29-9-20(4)49-51(29)7-2/h8-9,12-15,21,24-25,32,60H,6-7,10-11,16-18H2,1-5H3,(H2,42,54)(H2,43,55)(H,44,46,56)(H,45,47,57)/t21?,24-,25?,32-,41-/m0/s1. The van der Waals surface area contributed by atoms with Gasteiger partial charge in [0.05, 0.1) is 34.0 Å². The number of primary amides is 2. The van der Waals surface area contributed by atoms with E-state index in [2.05, 4.69) is 27.8 Å². The van der Waals surface area contributed by atoms with Gasteiger partial charge in [-0.05, 0) is 102 Å². The number of ether oxygens (including phenoxy) is 2. The molecule has 0 saturated heterocycles. The fourth-order valence-electron chi connectivity index (χ4n) is 9.04. The van der Waals surface area contributed by atoms with Crippen molar-refractivity contribution in [2.45, 2.75) is 83.8 Å². The van der Waals surface area contributed by atoms with Gasteiger partial charge in [0, 0.05) is 29.5 Å². The summed E-state index contributed by atoms with van der Waals surface area (Å²) >= 11 is 5.22. The molecule has 1 fully saturated rings. The van der Waals surface area contributed by atoms with E-state index in [1.54, 1.807) is 45.8 Å². The summed E-state index contributed by atoms with van der Waals surface area (Å²) in [7, 11) is 0. The van der Waals surface area contributed by atoms with E-state index in [4.69, 9.17) is 43.5 Å². The molecule has 3 aliphatic rings. The number of carbonyl (C=O) groups excluding carboxylic acids is 4. The average Bonchev–Trinajstić information content (AvgIpc) is 3.47. The van der Waals surface area contributed by atoms with Gasteiger partial charge in [-0.1, -0.05) is 0 Å². The molecular weight excluding hydrogens is 789 g/mol. The highest BCUT2D eigenvalue weighted by Gasteiger charge is 2.48. The van der Waals surface area contributed by atoms with Crippen molar-refractivity contribution in [1.82, 2.24) is 38.7 Å². The van der Waals surface area contributed by atoms with Crippen LogP contribution in [0.4, 0.5) is 11.9 Å². The van der Waals surface area contributed by atoms with Crippen LogP contribution in [0, 0.1) is 25.7 Å². The van der Waals surface area contributed by atoms with Crippen LogP contribution >= 0.6 is 12.6 Å². The van der Waals surface area contributed by atoms with Gasteiger partial charge in [0.15, 0.2) is 0 Å². The van der Waals surface area contributed by atoms with Crippen LogP contribution in [0.25, 0.3) is 22.1 Å².